The Bertz CT molecular complexity index is 685. The van der Waals surface area contributed by atoms with Gasteiger partial charge in [-0.1, -0.05) is 23.2 Å². The minimum absolute atomic E-state index is 0. The van der Waals surface area contributed by atoms with Gasteiger partial charge in [0.05, 0.1) is 10.9 Å². The molecule has 0 radical (unpaired) electrons. The first-order valence-corrected chi connectivity index (χ1v) is 9.49. The van der Waals surface area contributed by atoms with Crippen molar-refractivity contribution in [1.82, 2.24) is 9.62 Å². The number of nitrogens with one attached hydrogen (secondary N) is 1. The molecule has 1 atom stereocenters. The van der Waals surface area contributed by atoms with E-state index in [4.69, 9.17) is 28.9 Å². The normalized spacial score (nSPS) is 18.7. The van der Waals surface area contributed by atoms with Gasteiger partial charge in [0, 0.05) is 31.2 Å². The van der Waals surface area contributed by atoms with Crippen LogP contribution in [0.25, 0.3) is 0 Å². The number of halogens is 3. The Kier molecular flexibility index (Phi) is 8.25. The van der Waals surface area contributed by atoms with Gasteiger partial charge in [0.2, 0.25) is 15.9 Å². The summed E-state index contributed by atoms with van der Waals surface area (Å²) in [4.78, 5) is 12.0. The fraction of sp³-hybridized carbons (Fsp3) is 0.500. The lowest BCUT2D eigenvalue weighted by Gasteiger charge is -2.31. The van der Waals surface area contributed by atoms with Crippen molar-refractivity contribution in [2.24, 2.45) is 11.7 Å². The Morgan fingerprint density at radius 1 is 1.38 bits per heavy atom. The van der Waals surface area contributed by atoms with Crippen molar-refractivity contribution >= 4 is 51.5 Å². The van der Waals surface area contributed by atoms with Gasteiger partial charge in [0.25, 0.3) is 0 Å². The molecule has 6 nitrogen and oxygen atoms in total. The van der Waals surface area contributed by atoms with Crippen LogP contribution < -0.4 is 11.1 Å². The molecule has 1 aromatic rings. The molecule has 10 heteroatoms. The number of carbonyl (C=O) groups is 1. The smallest absolute Gasteiger partial charge is 0.244 e. The number of nitrogens with two attached hydrogens (primary N) is 1. The highest BCUT2D eigenvalue weighted by atomic mass is 35.5. The van der Waals surface area contributed by atoms with Crippen LogP contribution in [0.15, 0.2) is 23.1 Å². The zero-order chi connectivity index (χ0) is 17.0. The van der Waals surface area contributed by atoms with E-state index in [0.717, 1.165) is 0 Å². The van der Waals surface area contributed by atoms with E-state index in [1.165, 1.54) is 22.5 Å². The fourth-order valence-electron chi connectivity index (χ4n) is 2.53. The topological polar surface area (TPSA) is 92.5 Å². The molecule has 3 N–H and O–H groups in total. The van der Waals surface area contributed by atoms with Gasteiger partial charge in [-0.05, 0) is 31.0 Å². The minimum atomic E-state index is -3.79. The Hall–Kier alpha value is -0.570. The number of hydrogen-bond acceptors (Lipinski definition) is 4. The number of amides is 1. The van der Waals surface area contributed by atoms with E-state index in [9.17, 15) is 13.2 Å². The summed E-state index contributed by atoms with van der Waals surface area (Å²) in [5.41, 5.74) is 5.36. The van der Waals surface area contributed by atoms with Gasteiger partial charge in [-0.15, -0.1) is 12.4 Å². The molecule has 0 aromatic heterocycles. The summed E-state index contributed by atoms with van der Waals surface area (Å²) in [5, 5.41) is 3.11. The standard InChI is InChI=1S/C14H19Cl2N3O3S.ClH/c15-11-3-4-12(16)13(8-11)23(21,22)19-7-1-2-10(9-19)14(20)18-6-5-17;/h3-4,8,10H,1-2,5-7,9,17H2,(H,18,20);1H. The largest absolute Gasteiger partial charge is 0.355 e. The highest BCUT2D eigenvalue weighted by Gasteiger charge is 2.34. The third kappa shape index (κ3) is 4.97. The second-order valence-electron chi connectivity index (χ2n) is 5.36. The van der Waals surface area contributed by atoms with Gasteiger partial charge in [-0.3, -0.25) is 4.79 Å². The predicted octanol–water partition coefficient (Wildman–Crippen LogP) is 1.89. The Morgan fingerprint density at radius 3 is 2.75 bits per heavy atom. The summed E-state index contributed by atoms with van der Waals surface area (Å²) in [6.07, 6.45) is 1.25. The maximum atomic E-state index is 12.8. The van der Waals surface area contributed by atoms with E-state index in [1.807, 2.05) is 0 Å². The number of rotatable bonds is 5. The van der Waals surface area contributed by atoms with Gasteiger partial charge in [0.15, 0.2) is 0 Å². The highest BCUT2D eigenvalue weighted by Crippen LogP contribution is 2.30. The van der Waals surface area contributed by atoms with E-state index in [1.54, 1.807) is 0 Å². The van der Waals surface area contributed by atoms with Crippen molar-refractivity contribution in [3.63, 3.8) is 0 Å². The molecule has 1 amide bonds. The van der Waals surface area contributed by atoms with E-state index < -0.39 is 10.0 Å². The lowest BCUT2D eigenvalue weighted by Crippen LogP contribution is -2.46. The second kappa shape index (κ2) is 9.22. The molecule has 1 fully saturated rings. The molecule has 24 heavy (non-hydrogen) atoms. The zero-order valence-electron chi connectivity index (χ0n) is 12.9. The van der Waals surface area contributed by atoms with Crippen LogP contribution in [-0.2, 0) is 14.8 Å². The average molecular weight is 417 g/mol. The van der Waals surface area contributed by atoms with Crippen LogP contribution in [0.3, 0.4) is 0 Å². The number of benzene rings is 1. The monoisotopic (exact) mass is 415 g/mol. The fourth-order valence-corrected chi connectivity index (χ4v) is 4.79. The predicted molar refractivity (Wildman–Crippen MR) is 97.3 cm³/mol. The summed E-state index contributed by atoms with van der Waals surface area (Å²) >= 11 is 11.9. The summed E-state index contributed by atoms with van der Waals surface area (Å²) in [6, 6.07) is 4.31. The van der Waals surface area contributed by atoms with Crippen LogP contribution in [0.1, 0.15) is 12.8 Å². The summed E-state index contributed by atoms with van der Waals surface area (Å²) in [5.74, 6) is -0.560. The zero-order valence-corrected chi connectivity index (χ0v) is 16.0. The lowest BCUT2D eigenvalue weighted by molar-refractivity contribution is -0.126. The quantitative estimate of drug-likeness (QED) is 0.766. The first-order valence-electron chi connectivity index (χ1n) is 7.29. The molecule has 1 heterocycles. The van der Waals surface area contributed by atoms with E-state index in [2.05, 4.69) is 5.32 Å². The van der Waals surface area contributed by atoms with Gasteiger partial charge < -0.3 is 11.1 Å². The van der Waals surface area contributed by atoms with Crippen LogP contribution in [0.4, 0.5) is 0 Å². The third-order valence-corrected chi connectivity index (χ3v) is 6.29. The molecule has 1 unspecified atom stereocenters. The Labute approximate surface area is 158 Å². The molecule has 0 spiro atoms. The molecular formula is C14H20Cl3N3O3S. The lowest BCUT2D eigenvalue weighted by atomic mass is 9.99. The molecule has 1 saturated heterocycles. The molecule has 0 bridgehead atoms. The number of sulfonamides is 1. The highest BCUT2D eigenvalue weighted by molar-refractivity contribution is 7.89. The maximum Gasteiger partial charge on any atom is 0.244 e. The van der Waals surface area contributed by atoms with Crippen LogP contribution >= 0.6 is 35.6 Å². The van der Waals surface area contributed by atoms with Crippen LogP contribution in [0, 0.1) is 5.92 Å². The molecule has 2 rings (SSSR count). The van der Waals surface area contributed by atoms with Crippen molar-refractivity contribution in [3.05, 3.63) is 28.2 Å². The number of piperidine rings is 1. The number of hydrogen-bond donors (Lipinski definition) is 2. The number of nitrogens with zero attached hydrogens (tertiary/aromatic N) is 1. The average Bonchev–Trinajstić information content (AvgIpc) is 2.54. The van der Waals surface area contributed by atoms with E-state index in [-0.39, 0.29) is 40.7 Å². The molecule has 136 valence electrons. The van der Waals surface area contributed by atoms with Crippen molar-refractivity contribution in [1.29, 1.82) is 0 Å². The van der Waals surface area contributed by atoms with Gasteiger partial charge in [0.1, 0.15) is 4.90 Å². The maximum absolute atomic E-state index is 12.8. The summed E-state index contributed by atoms with van der Waals surface area (Å²) < 4.78 is 26.8. The van der Waals surface area contributed by atoms with Gasteiger partial charge in [-0.2, -0.15) is 4.31 Å². The molecule has 1 aliphatic heterocycles. The molecule has 1 aromatic carbocycles. The van der Waals surface area contributed by atoms with E-state index in [0.29, 0.717) is 37.5 Å². The van der Waals surface area contributed by atoms with Gasteiger partial charge >= 0.3 is 0 Å². The molecule has 1 aliphatic rings. The van der Waals surface area contributed by atoms with Crippen LogP contribution in [-0.4, -0.2) is 44.8 Å². The second-order valence-corrected chi connectivity index (χ2v) is 8.11. The Morgan fingerprint density at radius 2 is 2.08 bits per heavy atom. The molecule has 0 aliphatic carbocycles. The van der Waals surface area contributed by atoms with Crippen molar-refractivity contribution < 1.29 is 13.2 Å². The SMILES string of the molecule is Cl.NCCNC(=O)C1CCCN(S(=O)(=O)c2cc(Cl)ccc2Cl)C1. The summed E-state index contributed by atoms with van der Waals surface area (Å²) in [7, 11) is -3.79. The summed E-state index contributed by atoms with van der Waals surface area (Å²) in [6.45, 7) is 1.20. The third-order valence-electron chi connectivity index (χ3n) is 3.71. The number of carbonyl (C=O) groups excluding carboxylic acids is 1. The first-order chi connectivity index (χ1) is 10.9. The van der Waals surface area contributed by atoms with Crippen molar-refractivity contribution in [2.45, 2.75) is 17.7 Å². The van der Waals surface area contributed by atoms with Crippen molar-refractivity contribution in [2.75, 3.05) is 26.2 Å². The molecular weight excluding hydrogens is 397 g/mol. The van der Waals surface area contributed by atoms with E-state index >= 15 is 0 Å². The van der Waals surface area contributed by atoms with Crippen LogP contribution in [0.2, 0.25) is 10.0 Å². The first kappa shape index (κ1) is 21.5. The van der Waals surface area contributed by atoms with Crippen LogP contribution in [0.5, 0.6) is 0 Å². The van der Waals surface area contributed by atoms with Crippen molar-refractivity contribution in [3.8, 4) is 0 Å². The van der Waals surface area contributed by atoms with Gasteiger partial charge in [-0.25, -0.2) is 8.42 Å². The minimum Gasteiger partial charge on any atom is -0.355 e. The molecule has 0 saturated carbocycles. The Balaban J connectivity index is 0.00000288.